The molecule has 0 spiro atoms. The lowest BCUT2D eigenvalue weighted by Crippen LogP contribution is -2.28. The summed E-state index contributed by atoms with van der Waals surface area (Å²) in [6, 6.07) is 11.3. The Kier molecular flexibility index (Phi) is 5.23. The predicted octanol–water partition coefficient (Wildman–Crippen LogP) is 2.39. The van der Waals surface area contributed by atoms with Gasteiger partial charge >= 0.3 is 0 Å². The van der Waals surface area contributed by atoms with Crippen LogP contribution in [0.2, 0.25) is 5.02 Å². The van der Waals surface area contributed by atoms with E-state index in [0.29, 0.717) is 27.2 Å². The number of carbonyl (C=O) groups is 2. The number of amides is 2. The van der Waals surface area contributed by atoms with Gasteiger partial charge in [0.2, 0.25) is 5.91 Å². The van der Waals surface area contributed by atoms with E-state index in [2.05, 4.69) is 10.3 Å². The van der Waals surface area contributed by atoms with Crippen LogP contribution >= 0.6 is 11.6 Å². The van der Waals surface area contributed by atoms with Crippen molar-refractivity contribution in [2.75, 3.05) is 19.4 Å². The third-order valence-electron chi connectivity index (χ3n) is 3.92. The molecule has 0 atom stereocenters. The molecule has 0 fully saturated rings. The fourth-order valence-corrected chi connectivity index (χ4v) is 2.72. The summed E-state index contributed by atoms with van der Waals surface area (Å²) in [6.45, 7) is -0.178. The molecule has 27 heavy (non-hydrogen) atoms. The van der Waals surface area contributed by atoms with Crippen LogP contribution in [0.3, 0.4) is 0 Å². The number of nitrogens with one attached hydrogen (secondary N) is 1. The zero-order chi connectivity index (χ0) is 19.6. The second-order valence-electron chi connectivity index (χ2n) is 6.16. The molecule has 1 aromatic heterocycles. The molecule has 0 aliphatic heterocycles. The van der Waals surface area contributed by atoms with E-state index in [1.165, 1.54) is 15.8 Å². The molecule has 0 saturated carbocycles. The van der Waals surface area contributed by atoms with E-state index in [1.807, 2.05) is 0 Å². The molecule has 0 aliphatic rings. The van der Waals surface area contributed by atoms with Gasteiger partial charge in [0.05, 0.1) is 17.2 Å². The highest BCUT2D eigenvalue weighted by Crippen LogP contribution is 2.14. The third kappa shape index (κ3) is 4.15. The lowest BCUT2D eigenvalue weighted by molar-refractivity contribution is -0.116. The minimum absolute atomic E-state index is 0.123. The maximum atomic E-state index is 12.5. The number of carbonyl (C=O) groups excluding carboxylic acids is 2. The molecule has 3 aromatic rings. The number of benzene rings is 2. The summed E-state index contributed by atoms with van der Waals surface area (Å²) in [5.74, 6) is -0.499. The van der Waals surface area contributed by atoms with Crippen molar-refractivity contribution in [3.8, 4) is 0 Å². The molecule has 0 unspecified atom stereocenters. The summed E-state index contributed by atoms with van der Waals surface area (Å²) < 4.78 is 1.23. The van der Waals surface area contributed by atoms with Gasteiger partial charge in [-0.25, -0.2) is 4.98 Å². The number of nitrogens with zero attached hydrogens (tertiary/aromatic N) is 3. The molecule has 138 valence electrons. The Bertz CT molecular complexity index is 1070. The number of fused-ring (bicyclic) bond motifs is 1. The van der Waals surface area contributed by atoms with Crippen molar-refractivity contribution in [2.24, 2.45) is 0 Å². The van der Waals surface area contributed by atoms with Crippen molar-refractivity contribution in [3.63, 3.8) is 0 Å². The van der Waals surface area contributed by atoms with Crippen LogP contribution in [0.15, 0.2) is 53.6 Å². The van der Waals surface area contributed by atoms with Crippen LogP contribution in [-0.4, -0.2) is 40.4 Å². The largest absolute Gasteiger partial charge is 0.345 e. The molecule has 0 bridgehead atoms. The summed E-state index contributed by atoms with van der Waals surface area (Å²) in [5.41, 5.74) is 1.21. The van der Waals surface area contributed by atoms with Gasteiger partial charge in [0.25, 0.3) is 11.5 Å². The van der Waals surface area contributed by atoms with Crippen LogP contribution in [0.25, 0.3) is 10.9 Å². The monoisotopic (exact) mass is 384 g/mol. The number of hydrogen-bond acceptors (Lipinski definition) is 4. The molecular weight excluding hydrogens is 368 g/mol. The Balaban J connectivity index is 1.73. The summed E-state index contributed by atoms with van der Waals surface area (Å²) in [7, 11) is 3.34. The topological polar surface area (TPSA) is 84.3 Å². The first-order valence-electron chi connectivity index (χ1n) is 8.11. The maximum absolute atomic E-state index is 12.5. The van der Waals surface area contributed by atoms with Crippen molar-refractivity contribution in [2.45, 2.75) is 6.54 Å². The van der Waals surface area contributed by atoms with Gasteiger partial charge < -0.3 is 10.2 Å². The van der Waals surface area contributed by atoms with Gasteiger partial charge in [0.15, 0.2) is 0 Å². The van der Waals surface area contributed by atoms with Crippen LogP contribution in [0.4, 0.5) is 5.69 Å². The molecule has 1 heterocycles. The predicted molar refractivity (Wildman–Crippen MR) is 104 cm³/mol. The smallest absolute Gasteiger partial charge is 0.261 e. The van der Waals surface area contributed by atoms with Crippen LogP contribution in [-0.2, 0) is 11.3 Å². The standard InChI is InChI=1S/C19H17ClN4O3/c1-23(2)18(26)12-3-6-14(7-4-12)22-17(25)10-24-11-21-16-9-13(20)5-8-15(16)19(24)27/h3-9,11H,10H2,1-2H3,(H,22,25). The van der Waals surface area contributed by atoms with Gasteiger partial charge in [0, 0.05) is 30.4 Å². The number of rotatable bonds is 4. The van der Waals surface area contributed by atoms with E-state index in [9.17, 15) is 14.4 Å². The zero-order valence-electron chi connectivity index (χ0n) is 14.8. The van der Waals surface area contributed by atoms with Crippen molar-refractivity contribution in [1.82, 2.24) is 14.5 Å². The van der Waals surface area contributed by atoms with Crippen LogP contribution in [0, 0.1) is 0 Å². The highest BCUT2D eigenvalue weighted by Gasteiger charge is 2.10. The van der Waals surface area contributed by atoms with E-state index >= 15 is 0 Å². The van der Waals surface area contributed by atoms with Crippen LogP contribution < -0.4 is 10.9 Å². The fourth-order valence-electron chi connectivity index (χ4n) is 2.55. The molecule has 2 aromatic carbocycles. The van der Waals surface area contributed by atoms with E-state index in [0.717, 1.165) is 0 Å². The molecule has 3 rings (SSSR count). The lowest BCUT2D eigenvalue weighted by Gasteiger charge is -2.11. The zero-order valence-corrected chi connectivity index (χ0v) is 15.5. The SMILES string of the molecule is CN(C)C(=O)c1ccc(NC(=O)Cn2cnc3cc(Cl)ccc3c2=O)cc1. The summed E-state index contributed by atoms with van der Waals surface area (Å²) in [6.07, 6.45) is 1.32. The first-order chi connectivity index (χ1) is 12.8. The van der Waals surface area contributed by atoms with Crippen LogP contribution in [0.1, 0.15) is 10.4 Å². The molecule has 8 heteroatoms. The molecule has 0 radical (unpaired) electrons. The Morgan fingerprint density at radius 2 is 1.85 bits per heavy atom. The van der Waals surface area contributed by atoms with Gasteiger partial charge in [-0.15, -0.1) is 0 Å². The highest BCUT2D eigenvalue weighted by molar-refractivity contribution is 6.31. The number of hydrogen-bond donors (Lipinski definition) is 1. The van der Waals surface area contributed by atoms with Gasteiger partial charge in [-0.2, -0.15) is 0 Å². The van der Waals surface area contributed by atoms with E-state index in [1.54, 1.807) is 56.6 Å². The van der Waals surface area contributed by atoms with Crippen LogP contribution in [0.5, 0.6) is 0 Å². The Morgan fingerprint density at radius 3 is 2.52 bits per heavy atom. The van der Waals surface area contributed by atoms with Crippen molar-refractivity contribution < 1.29 is 9.59 Å². The van der Waals surface area contributed by atoms with Gasteiger partial charge in [-0.1, -0.05) is 11.6 Å². The van der Waals surface area contributed by atoms with E-state index in [-0.39, 0.29) is 23.9 Å². The minimum Gasteiger partial charge on any atom is -0.345 e. The molecule has 1 N–H and O–H groups in total. The van der Waals surface area contributed by atoms with Crippen molar-refractivity contribution in [3.05, 3.63) is 69.7 Å². The quantitative estimate of drug-likeness (QED) is 0.748. The average Bonchev–Trinajstić information content (AvgIpc) is 2.64. The maximum Gasteiger partial charge on any atom is 0.261 e. The molecule has 2 amide bonds. The Labute approximate surface area is 160 Å². The summed E-state index contributed by atoms with van der Waals surface area (Å²) >= 11 is 5.90. The van der Waals surface area contributed by atoms with Gasteiger partial charge in [-0.3, -0.25) is 19.0 Å². The average molecular weight is 385 g/mol. The first kappa shape index (κ1) is 18.6. The second kappa shape index (κ2) is 7.59. The Hall–Kier alpha value is -3.19. The molecule has 0 saturated heterocycles. The Morgan fingerprint density at radius 1 is 1.15 bits per heavy atom. The normalized spacial score (nSPS) is 10.6. The number of halogens is 1. The third-order valence-corrected chi connectivity index (χ3v) is 4.16. The van der Waals surface area contributed by atoms with Crippen molar-refractivity contribution in [1.29, 1.82) is 0 Å². The second-order valence-corrected chi connectivity index (χ2v) is 6.60. The van der Waals surface area contributed by atoms with Gasteiger partial charge in [-0.05, 0) is 42.5 Å². The number of anilines is 1. The fraction of sp³-hybridized carbons (Fsp3) is 0.158. The molecular formula is C19H17ClN4O3. The first-order valence-corrected chi connectivity index (χ1v) is 8.49. The minimum atomic E-state index is -0.376. The summed E-state index contributed by atoms with van der Waals surface area (Å²) in [5, 5.41) is 3.57. The highest BCUT2D eigenvalue weighted by atomic mass is 35.5. The van der Waals surface area contributed by atoms with Gasteiger partial charge in [0.1, 0.15) is 6.54 Å². The molecule has 0 aliphatic carbocycles. The lowest BCUT2D eigenvalue weighted by atomic mass is 10.2. The molecule has 7 nitrogen and oxygen atoms in total. The van der Waals surface area contributed by atoms with E-state index in [4.69, 9.17) is 11.6 Å². The van der Waals surface area contributed by atoms with Crippen molar-refractivity contribution >= 4 is 40.0 Å². The van der Waals surface area contributed by atoms with E-state index < -0.39 is 0 Å². The summed E-state index contributed by atoms with van der Waals surface area (Å²) in [4.78, 5) is 42.2. The number of aromatic nitrogens is 2.